The Morgan fingerprint density at radius 2 is 1.93 bits per heavy atom. The molecular weight excluding hydrogens is 340 g/mol. The van der Waals surface area contributed by atoms with Crippen molar-refractivity contribution in [2.24, 2.45) is 11.8 Å². The number of ether oxygens (including phenoxy) is 2. The number of likely N-dealkylation sites (tertiary alicyclic amines) is 1. The van der Waals surface area contributed by atoms with Gasteiger partial charge in [-0.3, -0.25) is 9.69 Å². The number of nitrogens with zero attached hydrogens (tertiary/aromatic N) is 1. The van der Waals surface area contributed by atoms with Crippen LogP contribution in [0, 0.1) is 11.8 Å². The molecule has 2 aromatic rings. The zero-order valence-electron chi connectivity index (χ0n) is 15.7. The summed E-state index contributed by atoms with van der Waals surface area (Å²) in [5.41, 5.74) is 2.30. The number of piperidine rings is 1. The van der Waals surface area contributed by atoms with Gasteiger partial charge in [0.15, 0.2) is 0 Å². The number of amides is 1. The first-order valence-electron chi connectivity index (χ1n) is 9.54. The van der Waals surface area contributed by atoms with E-state index in [1.54, 1.807) is 7.11 Å². The first-order valence-corrected chi connectivity index (χ1v) is 9.54. The molecule has 2 aliphatic heterocycles. The van der Waals surface area contributed by atoms with E-state index in [1.807, 2.05) is 30.3 Å². The maximum atomic E-state index is 11.6. The highest BCUT2D eigenvalue weighted by molar-refractivity contribution is 5.77. The predicted molar refractivity (Wildman–Crippen MR) is 104 cm³/mol. The topological polar surface area (TPSA) is 50.8 Å². The van der Waals surface area contributed by atoms with E-state index in [2.05, 4.69) is 28.4 Å². The van der Waals surface area contributed by atoms with E-state index in [0.29, 0.717) is 24.9 Å². The molecule has 5 nitrogen and oxygen atoms in total. The molecule has 0 radical (unpaired) electrons. The van der Waals surface area contributed by atoms with Gasteiger partial charge in [0.25, 0.3) is 0 Å². The smallest absolute Gasteiger partial charge is 0.220 e. The Balaban J connectivity index is 1.39. The van der Waals surface area contributed by atoms with Crippen molar-refractivity contribution in [3.8, 4) is 11.5 Å². The monoisotopic (exact) mass is 366 g/mol. The first kappa shape index (κ1) is 17.9. The molecule has 0 spiro atoms. The van der Waals surface area contributed by atoms with E-state index in [0.717, 1.165) is 48.8 Å². The van der Waals surface area contributed by atoms with Crippen LogP contribution in [0.1, 0.15) is 17.5 Å². The maximum absolute atomic E-state index is 11.6. The highest BCUT2D eigenvalue weighted by Gasteiger charge is 2.37. The molecule has 5 heteroatoms. The lowest BCUT2D eigenvalue weighted by atomic mass is 9.89. The number of carbonyl (C=O) groups is 1. The third-order valence-corrected chi connectivity index (χ3v) is 5.56. The summed E-state index contributed by atoms with van der Waals surface area (Å²) in [7, 11) is 1.70. The Kier molecular flexibility index (Phi) is 5.30. The molecule has 2 fully saturated rings. The van der Waals surface area contributed by atoms with Crippen LogP contribution in [-0.2, 0) is 17.9 Å². The fraction of sp³-hybridized carbons (Fsp3) is 0.409. The Bertz CT molecular complexity index is 793. The second kappa shape index (κ2) is 8.01. The van der Waals surface area contributed by atoms with Gasteiger partial charge in [-0.2, -0.15) is 0 Å². The lowest BCUT2D eigenvalue weighted by molar-refractivity contribution is -0.124. The SMILES string of the molecule is COc1cc(OCc2ccccc2)ccc1CN1C[C@H]2CC(=O)NC[C@H]2C1. The molecule has 0 bridgehead atoms. The molecule has 2 aliphatic rings. The van der Waals surface area contributed by atoms with Gasteiger partial charge in [0.2, 0.25) is 5.91 Å². The van der Waals surface area contributed by atoms with Crippen LogP contribution in [0.25, 0.3) is 0 Å². The minimum absolute atomic E-state index is 0.190. The number of fused-ring (bicyclic) bond motifs is 1. The average Bonchev–Trinajstić information content (AvgIpc) is 3.09. The van der Waals surface area contributed by atoms with Gasteiger partial charge in [0, 0.05) is 44.2 Å². The predicted octanol–water partition coefficient (Wildman–Crippen LogP) is 2.84. The van der Waals surface area contributed by atoms with Crippen LogP contribution in [0.5, 0.6) is 11.5 Å². The minimum atomic E-state index is 0.190. The Labute approximate surface area is 160 Å². The van der Waals surface area contributed by atoms with Gasteiger partial charge in [-0.05, 0) is 23.5 Å². The van der Waals surface area contributed by atoms with Crippen LogP contribution in [0.4, 0.5) is 0 Å². The van der Waals surface area contributed by atoms with Crippen molar-refractivity contribution < 1.29 is 14.3 Å². The van der Waals surface area contributed by atoms with Gasteiger partial charge in [-0.15, -0.1) is 0 Å². The Hall–Kier alpha value is -2.53. The first-order chi connectivity index (χ1) is 13.2. The minimum Gasteiger partial charge on any atom is -0.496 e. The zero-order valence-corrected chi connectivity index (χ0v) is 15.7. The molecule has 4 rings (SSSR count). The summed E-state index contributed by atoms with van der Waals surface area (Å²) >= 11 is 0. The molecule has 142 valence electrons. The molecule has 0 aromatic heterocycles. The van der Waals surface area contributed by atoms with E-state index >= 15 is 0 Å². The molecule has 0 aliphatic carbocycles. The second-order valence-electron chi connectivity index (χ2n) is 7.47. The average molecular weight is 366 g/mol. The van der Waals surface area contributed by atoms with Gasteiger partial charge in [0.05, 0.1) is 7.11 Å². The summed E-state index contributed by atoms with van der Waals surface area (Å²) in [6.07, 6.45) is 0.657. The largest absolute Gasteiger partial charge is 0.496 e. The van der Waals surface area contributed by atoms with Crippen LogP contribution < -0.4 is 14.8 Å². The summed E-state index contributed by atoms with van der Waals surface area (Å²) in [6.45, 7) is 4.19. The van der Waals surface area contributed by atoms with Gasteiger partial charge in [-0.25, -0.2) is 0 Å². The number of benzene rings is 2. The number of rotatable bonds is 6. The van der Waals surface area contributed by atoms with Crippen molar-refractivity contribution in [1.29, 1.82) is 0 Å². The third-order valence-electron chi connectivity index (χ3n) is 5.56. The summed E-state index contributed by atoms with van der Waals surface area (Å²) in [5.74, 6) is 2.91. The highest BCUT2D eigenvalue weighted by atomic mass is 16.5. The van der Waals surface area contributed by atoms with E-state index in [4.69, 9.17) is 9.47 Å². The summed E-state index contributed by atoms with van der Waals surface area (Å²) in [4.78, 5) is 14.0. The van der Waals surface area contributed by atoms with Gasteiger partial charge in [0.1, 0.15) is 18.1 Å². The molecular formula is C22H26N2O3. The summed E-state index contributed by atoms with van der Waals surface area (Å²) < 4.78 is 11.5. The molecule has 1 N–H and O–H groups in total. The molecule has 0 saturated carbocycles. The van der Waals surface area contributed by atoms with Crippen LogP contribution in [0.15, 0.2) is 48.5 Å². The summed E-state index contributed by atoms with van der Waals surface area (Å²) in [5, 5.41) is 2.99. The van der Waals surface area contributed by atoms with E-state index in [1.165, 1.54) is 0 Å². The van der Waals surface area contributed by atoms with Crippen molar-refractivity contribution in [1.82, 2.24) is 10.2 Å². The number of nitrogens with one attached hydrogen (secondary N) is 1. The lowest BCUT2D eigenvalue weighted by Gasteiger charge is -2.23. The molecule has 0 unspecified atom stereocenters. The van der Waals surface area contributed by atoms with E-state index in [9.17, 15) is 4.79 Å². The zero-order chi connectivity index (χ0) is 18.6. The summed E-state index contributed by atoms with van der Waals surface area (Å²) in [6, 6.07) is 16.2. The number of hydrogen-bond acceptors (Lipinski definition) is 4. The van der Waals surface area contributed by atoms with Crippen LogP contribution in [-0.4, -0.2) is 37.6 Å². The fourth-order valence-electron chi connectivity index (χ4n) is 4.11. The molecule has 2 atom stereocenters. The molecule has 2 aromatic carbocycles. The third kappa shape index (κ3) is 4.25. The van der Waals surface area contributed by atoms with Crippen molar-refractivity contribution >= 4 is 5.91 Å². The maximum Gasteiger partial charge on any atom is 0.220 e. The van der Waals surface area contributed by atoms with Gasteiger partial charge in [-0.1, -0.05) is 36.4 Å². The van der Waals surface area contributed by atoms with Crippen LogP contribution in [0.3, 0.4) is 0 Å². The molecule has 27 heavy (non-hydrogen) atoms. The normalized spacial score (nSPS) is 22.2. The van der Waals surface area contributed by atoms with E-state index in [-0.39, 0.29) is 5.91 Å². The molecule has 1 amide bonds. The number of carbonyl (C=O) groups excluding carboxylic acids is 1. The fourth-order valence-corrected chi connectivity index (χ4v) is 4.11. The van der Waals surface area contributed by atoms with Crippen LogP contribution >= 0.6 is 0 Å². The standard InChI is InChI=1S/C22H26N2O3/c1-26-21-10-20(27-15-16-5-3-2-4-6-16)8-7-17(21)12-24-13-18-9-22(25)23-11-19(18)14-24/h2-8,10,18-19H,9,11-15H2,1H3,(H,23,25)/t18-,19+/m1/s1. The second-order valence-corrected chi connectivity index (χ2v) is 7.47. The van der Waals surface area contributed by atoms with Crippen molar-refractivity contribution in [3.63, 3.8) is 0 Å². The Morgan fingerprint density at radius 1 is 1.11 bits per heavy atom. The Morgan fingerprint density at radius 3 is 2.74 bits per heavy atom. The van der Waals surface area contributed by atoms with Crippen LogP contribution in [0.2, 0.25) is 0 Å². The lowest BCUT2D eigenvalue weighted by Crippen LogP contribution is -2.39. The highest BCUT2D eigenvalue weighted by Crippen LogP contribution is 2.32. The van der Waals surface area contributed by atoms with Crippen molar-refractivity contribution in [3.05, 3.63) is 59.7 Å². The van der Waals surface area contributed by atoms with E-state index < -0.39 is 0 Å². The quantitative estimate of drug-likeness (QED) is 0.854. The van der Waals surface area contributed by atoms with Crippen molar-refractivity contribution in [2.75, 3.05) is 26.7 Å². The van der Waals surface area contributed by atoms with Gasteiger partial charge >= 0.3 is 0 Å². The molecule has 2 saturated heterocycles. The molecule has 2 heterocycles. The number of hydrogen-bond donors (Lipinski definition) is 1. The van der Waals surface area contributed by atoms with Crippen molar-refractivity contribution in [2.45, 2.75) is 19.6 Å². The number of methoxy groups -OCH3 is 1. The van der Waals surface area contributed by atoms with Gasteiger partial charge < -0.3 is 14.8 Å².